The minimum atomic E-state index is -1.19. The number of hydrogen-bond acceptors (Lipinski definition) is 7. The predicted octanol–water partition coefficient (Wildman–Crippen LogP) is -0.704. The van der Waals surface area contributed by atoms with Crippen LogP contribution in [-0.2, 0) is 35.2 Å². The summed E-state index contributed by atoms with van der Waals surface area (Å²) >= 11 is 0. The molecule has 1 rings (SSSR count). The number of carboxylic acid groups (broad SMARTS) is 1. The second-order valence-electron chi connectivity index (χ2n) is 10.9. The largest absolute Gasteiger partial charge is 0.480 e. The zero-order valence-electron chi connectivity index (χ0n) is 24.5. The summed E-state index contributed by atoms with van der Waals surface area (Å²) in [4.78, 5) is 74.0. The number of benzene rings is 1. The lowest BCUT2D eigenvalue weighted by molar-refractivity contribution is -0.143. The van der Waals surface area contributed by atoms with Crippen molar-refractivity contribution in [2.24, 2.45) is 23.5 Å². The standard InChI is InChI=1S/C28H44N6O7/c1-15(2)22(33-25(37)19(29)12-18-10-8-7-9-11-18)26(38)31-13-20(35)30-14-21(36)32-23(16(3)4)27(39)34-24(17(5)6)28(40)41/h7-11,15-17,19,22-24H,12-14,29H2,1-6H3,(H,30,35)(H,31,38)(H,32,36)(H,33,37)(H,34,39)(H,40,41)/t19-,22-,23-,24-/m0/s1. The molecule has 0 spiro atoms. The van der Waals surface area contributed by atoms with Crippen molar-refractivity contribution in [3.05, 3.63) is 35.9 Å². The van der Waals surface area contributed by atoms with Crippen molar-refractivity contribution in [2.75, 3.05) is 13.1 Å². The van der Waals surface area contributed by atoms with Crippen molar-refractivity contribution >= 4 is 35.5 Å². The van der Waals surface area contributed by atoms with E-state index in [2.05, 4.69) is 26.6 Å². The number of nitrogens with two attached hydrogens (primary N) is 1. The van der Waals surface area contributed by atoms with E-state index in [1.54, 1.807) is 41.5 Å². The third kappa shape index (κ3) is 12.4. The molecule has 0 aliphatic heterocycles. The first-order chi connectivity index (χ1) is 19.1. The minimum absolute atomic E-state index is 0.292. The highest BCUT2D eigenvalue weighted by Crippen LogP contribution is 2.07. The summed E-state index contributed by atoms with van der Waals surface area (Å²) in [5.74, 6) is -5.31. The van der Waals surface area contributed by atoms with E-state index >= 15 is 0 Å². The molecule has 0 unspecified atom stereocenters. The lowest BCUT2D eigenvalue weighted by Gasteiger charge is -2.25. The summed E-state index contributed by atoms with van der Waals surface area (Å²) in [5.41, 5.74) is 6.89. The van der Waals surface area contributed by atoms with Gasteiger partial charge < -0.3 is 37.4 Å². The van der Waals surface area contributed by atoms with E-state index in [0.717, 1.165) is 5.56 Å². The summed E-state index contributed by atoms with van der Waals surface area (Å²) in [6, 6.07) is 5.26. The van der Waals surface area contributed by atoms with E-state index in [1.807, 2.05) is 30.3 Å². The summed E-state index contributed by atoms with van der Waals surface area (Å²) in [6.07, 6.45) is 0.292. The summed E-state index contributed by atoms with van der Waals surface area (Å²) in [7, 11) is 0. The predicted molar refractivity (Wildman–Crippen MR) is 152 cm³/mol. The SMILES string of the molecule is CC(C)[C@H](NC(=O)[C@@H](NC(=O)CNC(=O)CNC(=O)[C@@H](NC(=O)[C@@H](N)Cc1ccccc1)C(C)C)C(C)C)C(=O)O. The first kappa shape index (κ1) is 35.0. The molecule has 1 aromatic rings. The Morgan fingerprint density at radius 3 is 1.66 bits per heavy atom. The number of rotatable bonds is 16. The van der Waals surface area contributed by atoms with Gasteiger partial charge in [0.1, 0.15) is 18.1 Å². The van der Waals surface area contributed by atoms with E-state index in [-0.39, 0.29) is 17.8 Å². The quantitative estimate of drug-likeness (QED) is 0.133. The fourth-order valence-electron chi connectivity index (χ4n) is 3.79. The van der Waals surface area contributed by atoms with Crippen LogP contribution in [0.4, 0.5) is 0 Å². The Bertz CT molecular complexity index is 1060. The lowest BCUT2D eigenvalue weighted by atomic mass is 10.0. The lowest BCUT2D eigenvalue weighted by Crippen LogP contribution is -2.56. The topological polar surface area (TPSA) is 209 Å². The molecule has 0 radical (unpaired) electrons. The summed E-state index contributed by atoms with van der Waals surface area (Å²) in [5, 5.41) is 21.7. The molecule has 0 fully saturated rings. The Morgan fingerprint density at radius 2 is 1.15 bits per heavy atom. The van der Waals surface area contributed by atoms with Crippen LogP contribution in [0.15, 0.2) is 30.3 Å². The molecule has 41 heavy (non-hydrogen) atoms. The average Bonchev–Trinajstić information content (AvgIpc) is 2.90. The van der Waals surface area contributed by atoms with E-state index in [0.29, 0.717) is 6.42 Å². The van der Waals surface area contributed by atoms with Crippen molar-refractivity contribution in [2.45, 2.75) is 72.1 Å². The first-order valence-corrected chi connectivity index (χ1v) is 13.6. The molecule has 0 aliphatic carbocycles. The van der Waals surface area contributed by atoms with Gasteiger partial charge in [-0.25, -0.2) is 4.79 Å². The van der Waals surface area contributed by atoms with E-state index in [1.165, 1.54) is 0 Å². The van der Waals surface area contributed by atoms with Crippen LogP contribution in [0.5, 0.6) is 0 Å². The van der Waals surface area contributed by atoms with Crippen LogP contribution in [-0.4, -0.2) is 77.9 Å². The van der Waals surface area contributed by atoms with Crippen molar-refractivity contribution in [1.29, 1.82) is 0 Å². The molecule has 0 aromatic heterocycles. The molecule has 0 bridgehead atoms. The fourth-order valence-corrected chi connectivity index (χ4v) is 3.79. The highest BCUT2D eigenvalue weighted by Gasteiger charge is 2.30. The zero-order valence-corrected chi connectivity index (χ0v) is 24.5. The Kier molecular flexibility index (Phi) is 14.5. The molecule has 13 nitrogen and oxygen atoms in total. The molecular weight excluding hydrogens is 532 g/mol. The monoisotopic (exact) mass is 576 g/mol. The highest BCUT2D eigenvalue weighted by molar-refractivity contribution is 5.94. The van der Waals surface area contributed by atoms with Gasteiger partial charge in [-0.05, 0) is 29.7 Å². The molecule has 0 saturated heterocycles. The van der Waals surface area contributed by atoms with Gasteiger partial charge in [0.15, 0.2) is 0 Å². The molecule has 0 heterocycles. The number of carbonyl (C=O) groups is 6. The van der Waals surface area contributed by atoms with Gasteiger partial charge in [0.05, 0.1) is 19.1 Å². The maximum atomic E-state index is 12.7. The van der Waals surface area contributed by atoms with Crippen molar-refractivity contribution in [3.8, 4) is 0 Å². The molecule has 13 heteroatoms. The van der Waals surface area contributed by atoms with E-state index < -0.39 is 72.8 Å². The maximum absolute atomic E-state index is 12.7. The van der Waals surface area contributed by atoms with Gasteiger partial charge in [0.25, 0.3) is 0 Å². The summed E-state index contributed by atoms with van der Waals surface area (Å²) in [6.45, 7) is 9.20. The maximum Gasteiger partial charge on any atom is 0.326 e. The van der Waals surface area contributed by atoms with Crippen LogP contribution in [0.3, 0.4) is 0 Å². The van der Waals surface area contributed by atoms with Gasteiger partial charge in [-0.15, -0.1) is 0 Å². The van der Waals surface area contributed by atoms with Gasteiger partial charge in [-0.3, -0.25) is 24.0 Å². The fraction of sp³-hybridized carbons (Fsp3) is 0.571. The number of amides is 5. The molecule has 8 N–H and O–H groups in total. The second-order valence-corrected chi connectivity index (χ2v) is 10.9. The van der Waals surface area contributed by atoms with Crippen LogP contribution >= 0.6 is 0 Å². The van der Waals surface area contributed by atoms with E-state index in [4.69, 9.17) is 5.73 Å². The third-order valence-corrected chi connectivity index (χ3v) is 6.25. The summed E-state index contributed by atoms with van der Waals surface area (Å²) < 4.78 is 0. The van der Waals surface area contributed by atoms with Gasteiger partial charge in [-0.2, -0.15) is 0 Å². The number of hydrogen-bond donors (Lipinski definition) is 7. The van der Waals surface area contributed by atoms with Crippen LogP contribution in [0.2, 0.25) is 0 Å². The normalized spacial score (nSPS) is 14.0. The second kappa shape index (κ2) is 17.0. The molecule has 5 amide bonds. The third-order valence-electron chi connectivity index (χ3n) is 6.25. The molecule has 228 valence electrons. The number of aliphatic carboxylic acids is 1. The van der Waals surface area contributed by atoms with Gasteiger partial charge >= 0.3 is 5.97 Å². The Hall–Kier alpha value is -4.00. The minimum Gasteiger partial charge on any atom is -0.480 e. The Balaban J connectivity index is 2.59. The molecule has 0 aliphatic rings. The molecule has 4 atom stereocenters. The van der Waals surface area contributed by atoms with Crippen molar-refractivity contribution in [1.82, 2.24) is 26.6 Å². The van der Waals surface area contributed by atoms with E-state index in [9.17, 15) is 33.9 Å². The Morgan fingerprint density at radius 1 is 0.659 bits per heavy atom. The number of carbonyl (C=O) groups excluding carboxylic acids is 5. The van der Waals surface area contributed by atoms with Crippen LogP contribution < -0.4 is 32.3 Å². The smallest absolute Gasteiger partial charge is 0.326 e. The van der Waals surface area contributed by atoms with Crippen LogP contribution in [0.25, 0.3) is 0 Å². The zero-order chi connectivity index (χ0) is 31.3. The molecular formula is C28H44N6O7. The van der Waals surface area contributed by atoms with Crippen molar-refractivity contribution in [3.63, 3.8) is 0 Å². The highest BCUT2D eigenvalue weighted by atomic mass is 16.4. The Labute approximate surface area is 240 Å². The first-order valence-electron chi connectivity index (χ1n) is 13.6. The van der Waals surface area contributed by atoms with Crippen LogP contribution in [0.1, 0.15) is 47.1 Å². The van der Waals surface area contributed by atoms with Gasteiger partial charge in [0.2, 0.25) is 29.5 Å². The molecule has 0 saturated carbocycles. The number of nitrogens with one attached hydrogen (secondary N) is 5. The van der Waals surface area contributed by atoms with Crippen molar-refractivity contribution < 1.29 is 33.9 Å². The van der Waals surface area contributed by atoms with Crippen LogP contribution in [0, 0.1) is 17.8 Å². The van der Waals surface area contributed by atoms with Gasteiger partial charge in [-0.1, -0.05) is 71.9 Å². The molecule has 1 aromatic carbocycles. The van der Waals surface area contributed by atoms with Gasteiger partial charge in [0, 0.05) is 0 Å². The average molecular weight is 577 g/mol. The number of carboxylic acids is 1.